The Bertz CT molecular complexity index is 573. The van der Waals surface area contributed by atoms with Crippen LogP contribution >= 0.6 is 23.2 Å². The molecule has 2 atom stereocenters. The minimum Gasteiger partial charge on any atom is -0.467 e. The third-order valence-electron chi connectivity index (χ3n) is 3.70. The maximum Gasteiger partial charge on any atom is 0.333 e. The fourth-order valence-electron chi connectivity index (χ4n) is 2.46. The van der Waals surface area contributed by atoms with Crippen LogP contribution in [-0.4, -0.2) is 44.1 Å². The lowest BCUT2D eigenvalue weighted by atomic mass is 10.0. The average Bonchev–Trinajstić information content (AvgIpc) is 3.04. The Hall–Kier alpha value is -1.30. The Morgan fingerprint density at radius 2 is 2.09 bits per heavy atom. The number of amides is 1. The summed E-state index contributed by atoms with van der Waals surface area (Å²) in [6.07, 6.45) is 0.651. The number of hydrogen-bond acceptors (Lipinski definition) is 4. The highest BCUT2D eigenvalue weighted by Crippen LogP contribution is 2.30. The van der Waals surface area contributed by atoms with Crippen LogP contribution in [0.3, 0.4) is 0 Å². The minimum atomic E-state index is -0.868. The van der Waals surface area contributed by atoms with Crippen LogP contribution in [0.25, 0.3) is 0 Å². The van der Waals surface area contributed by atoms with E-state index in [-0.39, 0.29) is 11.8 Å². The highest BCUT2D eigenvalue weighted by Gasteiger charge is 2.34. The van der Waals surface area contributed by atoms with Gasteiger partial charge in [-0.3, -0.25) is 4.79 Å². The molecule has 5 nitrogen and oxygen atoms in total. The Morgan fingerprint density at radius 3 is 2.64 bits per heavy atom. The smallest absolute Gasteiger partial charge is 0.333 e. The quantitative estimate of drug-likeness (QED) is 0.787. The lowest BCUT2D eigenvalue weighted by molar-refractivity contribution is -0.153. The van der Waals surface area contributed by atoms with Crippen molar-refractivity contribution in [1.29, 1.82) is 0 Å². The van der Waals surface area contributed by atoms with Crippen molar-refractivity contribution in [3.05, 3.63) is 33.8 Å². The fourth-order valence-corrected chi connectivity index (χ4v) is 2.76. The first kappa shape index (κ1) is 17.1. The summed E-state index contributed by atoms with van der Waals surface area (Å²) >= 11 is 11.9. The first-order chi connectivity index (χ1) is 10.5. The number of rotatable bonds is 4. The minimum absolute atomic E-state index is 0.154. The molecule has 1 aliphatic heterocycles. The zero-order valence-electron chi connectivity index (χ0n) is 12.3. The van der Waals surface area contributed by atoms with Crippen molar-refractivity contribution in [3.63, 3.8) is 0 Å². The lowest BCUT2D eigenvalue weighted by Crippen LogP contribution is -2.40. The second-order valence-corrected chi connectivity index (χ2v) is 5.92. The van der Waals surface area contributed by atoms with Crippen LogP contribution in [0.5, 0.6) is 0 Å². The summed E-state index contributed by atoms with van der Waals surface area (Å²) in [7, 11) is 2.86. The van der Waals surface area contributed by atoms with Gasteiger partial charge in [0.2, 0.25) is 5.91 Å². The molecule has 0 aliphatic carbocycles. The molecule has 120 valence electrons. The van der Waals surface area contributed by atoms with Gasteiger partial charge in [-0.2, -0.15) is 0 Å². The number of nitrogens with zero attached hydrogens (tertiary/aromatic N) is 1. The monoisotopic (exact) mass is 345 g/mol. The van der Waals surface area contributed by atoms with Gasteiger partial charge in [0.05, 0.1) is 29.7 Å². The summed E-state index contributed by atoms with van der Waals surface area (Å²) in [5, 5.41) is 0.699. The molecule has 0 spiro atoms. The van der Waals surface area contributed by atoms with Crippen molar-refractivity contribution in [3.8, 4) is 0 Å². The molecule has 7 heteroatoms. The molecule has 0 radical (unpaired) electrons. The van der Waals surface area contributed by atoms with Gasteiger partial charge < -0.3 is 14.4 Å². The van der Waals surface area contributed by atoms with E-state index in [0.717, 1.165) is 0 Å². The summed E-state index contributed by atoms with van der Waals surface area (Å²) in [5.74, 6) is -0.924. The molecule has 0 bridgehead atoms. The Morgan fingerprint density at radius 1 is 1.36 bits per heavy atom. The first-order valence-corrected chi connectivity index (χ1v) is 7.58. The Kier molecular flexibility index (Phi) is 5.67. The SMILES string of the molecule is COC(=O)[C@H](c1ccc(Cl)c(Cl)c1)N(C)C(=O)[C@@H]1CCOC1. The van der Waals surface area contributed by atoms with Crippen LogP contribution in [0.15, 0.2) is 18.2 Å². The van der Waals surface area contributed by atoms with E-state index < -0.39 is 12.0 Å². The standard InChI is InChI=1S/C15H17Cl2NO4/c1-18(14(19)10-5-6-22-8-10)13(15(20)21-2)9-3-4-11(16)12(17)7-9/h3-4,7,10,13H,5-6,8H2,1-2H3/t10-,13+/m1/s1. The van der Waals surface area contributed by atoms with E-state index in [2.05, 4.69) is 0 Å². The van der Waals surface area contributed by atoms with Gasteiger partial charge in [0.25, 0.3) is 0 Å². The molecule has 0 aromatic heterocycles. The van der Waals surface area contributed by atoms with Crippen LogP contribution in [0, 0.1) is 5.92 Å². The van der Waals surface area contributed by atoms with Gasteiger partial charge in [-0.05, 0) is 24.1 Å². The van der Waals surface area contributed by atoms with Gasteiger partial charge in [-0.25, -0.2) is 4.79 Å². The summed E-state index contributed by atoms with van der Waals surface area (Å²) in [6.45, 7) is 0.929. The van der Waals surface area contributed by atoms with Crippen LogP contribution in [0.1, 0.15) is 18.0 Å². The molecule has 1 aromatic rings. The van der Waals surface area contributed by atoms with Gasteiger partial charge in [0.1, 0.15) is 0 Å². The van der Waals surface area contributed by atoms with E-state index in [1.54, 1.807) is 25.2 Å². The summed E-state index contributed by atoms with van der Waals surface area (Å²) in [5.41, 5.74) is 0.552. The van der Waals surface area contributed by atoms with E-state index in [9.17, 15) is 9.59 Å². The highest BCUT2D eigenvalue weighted by molar-refractivity contribution is 6.42. The molecule has 1 saturated heterocycles. The first-order valence-electron chi connectivity index (χ1n) is 6.83. The van der Waals surface area contributed by atoms with Crippen LogP contribution in [-0.2, 0) is 19.1 Å². The molecule has 2 rings (SSSR count). The Balaban J connectivity index is 2.30. The number of ether oxygens (including phenoxy) is 2. The molecule has 1 fully saturated rings. The topological polar surface area (TPSA) is 55.8 Å². The normalized spacial score (nSPS) is 18.8. The third kappa shape index (κ3) is 3.54. The van der Waals surface area contributed by atoms with E-state index in [0.29, 0.717) is 35.2 Å². The number of carbonyl (C=O) groups is 2. The number of halogens is 2. The van der Waals surface area contributed by atoms with Gasteiger partial charge in [0.15, 0.2) is 6.04 Å². The Labute approximate surface area is 139 Å². The number of carbonyl (C=O) groups excluding carboxylic acids is 2. The molecule has 1 amide bonds. The second kappa shape index (κ2) is 7.31. The van der Waals surface area contributed by atoms with Crippen LogP contribution < -0.4 is 0 Å². The maximum atomic E-state index is 12.5. The zero-order valence-corrected chi connectivity index (χ0v) is 13.9. The summed E-state index contributed by atoms with van der Waals surface area (Å²) < 4.78 is 10.1. The van der Waals surface area contributed by atoms with E-state index in [1.807, 2.05) is 0 Å². The fraction of sp³-hybridized carbons (Fsp3) is 0.467. The maximum absolute atomic E-state index is 12.5. The number of esters is 1. The number of methoxy groups -OCH3 is 1. The number of hydrogen-bond donors (Lipinski definition) is 0. The largest absolute Gasteiger partial charge is 0.467 e. The van der Waals surface area contributed by atoms with Gasteiger partial charge in [0, 0.05) is 13.7 Å². The number of benzene rings is 1. The molecular weight excluding hydrogens is 329 g/mol. The summed E-state index contributed by atoms with van der Waals surface area (Å²) in [6, 6.07) is 3.95. The molecular formula is C15H17Cl2NO4. The predicted molar refractivity (Wildman–Crippen MR) is 82.9 cm³/mol. The van der Waals surface area contributed by atoms with Crippen molar-refractivity contribution >= 4 is 35.1 Å². The lowest BCUT2D eigenvalue weighted by Gasteiger charge is -2.28. The summed E-state index contributed by atoms with van der Waals surface area (Å²) in [4.78, 5) is 26.0. The average molecular weight is 346 g/mol. The van der Waals surface area contributed by atoms with E-state index >= 15 is 0 Å². The van der Waals surface area contributed by atoms with Crippen molar-refractivity contribution in [2.24, 2.45) is 5.92 Å². The van der Waals surface area contributed by atoms with E-state index in [4.69, 9.17) is 32.7 Å². The van der Waals surface area contributed by atoms with Crippen molar-refractivity contribution in [2.75, 3.05) is 27.4 Å². The molecule has 0 saturated carbocycles. The van der Waals surface area contributed by atoms with Crippen molar-refractivity contribution < 1.29 is 19.1 Å². The zero-order chi connectivity index (χ0) is 16.3. The number of likely N-dealkylation sites (N-methyl/N-ethyl adjacent to an activating group) is 1. The van der Waals surface area contributed by atoms with Crippen LogP contribution in [0.4, 0.5) is 0 Å². The molecule has 1 aliphatic rings. The predicted octanol–water partition coefficient (Wildman–Crippen LogP) is 2.70. The van der Waals surface area contributed by atoms with Crippen molar-refractivity contribution in [1.82, 2.24) is 4.90 Å². The molecule has 1 heterocycles. The van der Waals surface area contributed by atoms with Gasteiger partial charge >= 0.3 is 5.97 Å². The molecule has 0 unspecified atom stereocenters. The van der Waals surface area contributed by atoms with Crippen LogP contribution in [0.2, 0.25) is 10.0 Å². The molecule has 22 heavy (non-hydrogen) atoms. The van der Waals surface area contributed by atoms with Gasteiger partial charge in [-0.1, -0.05) is 29.3 Å². The van der Waals surface area contributed by atoms with Crippen molar-refractivity contribution in [2.45, 2.75) is 12.5 Å². The highest BCUT2D eigenvalue weighted by atomic mass is 35.5. The van der Waals surface area contributed by atoms with E-state index in [1.165, 1.54) is 12.0 Å². The second-order valence-electron chi connectivity index (χ2n) is 5.11. The third-order valence-corrected chi connectivity index (χ3v) is 4.44. The molecule has 1 aromatic carbocycles. The molecule has 0 N–H and O–H groups in total. The van der Waals surface area contributed by atoms with Gasteiger partial charge in [-0.15, -0.1) is 0 Å².